The highest BCUT2D eigenvalue weighted by atomic mass is 32.2. The first kappa shape index (κ1) is 17.2. The van der Waals surface area contributed by atoms with Crippen LogP contribution >= 0.6 is 0 Å². The van der Waals surface area contributed by atoms with E-state index in [2.05, 4.69) is 5.32 Å². The number of carbonyl (C=O) groups excluding carboxylic acids is 2. The Morgan fingerprint density at radius 1 is 1.07 bits per heavy atom. The quantitative estimate of drug-likeness (QED) is 0.857. The minimum absolute atomic E-state index is 0.0103. The van der Waals surface area contributed by atoms with Gasteiger partial charge in [-0.25, -0.2) is 12.7 Å². The first-order chi connectivity index (χ1) is 12.9. The van der Waals surface area contributed by atoms with Gasteiger partial charge in [0, 0.05) is 6.54 Å². The fraction of sp³-hybridized carbons (Fsp3) is 0.600. The van der Waals surface area contributed by atoms with Crippen LogP contribution in [0.2, 0.25) is 0 Å². The molecule has 1 aliphatic heterocycles. The minimum atomic E-state index is -3.93. The lowest BCUT2D eigenvalue weighted by molar-refractivity contribution is -0.123. The normalized spacial score (nSPS) is 35.3. The van der Waals surface area contributed by atoms with Gasteiger partial charge in [-0.15, -0.1) is 0 Å². The van der Waals surface area contributed by atoms with Crippen LogP contribution in [0.4, 0.5) is 0 Å². The molecule has 6 nitrogen and oxygen atoms in total. The van der Waals surface area contributed by atoms with Crippen LogP contribution in [0.5, 0.6) is 0 Å². The van der Waals surface area contributed by atoms with Crippen molar-refractivity contribution < 1.29 is 18.0 Å². The Morgan fingerprint density at radius 3 is 2.26 bits per heavy atom. The third kappa shape index (κ3) is 2.70. The summed E-state index contributed by atoms with van der Waals surface area (Å²) in [5.74, 6) is 1.38. The van der Waals surface area contributed by atoms with E-state index in [9.17, 15) is 18.0 Å². The summed E-state index contributed by atoms with van der Waals surface area (Å²) < 4.78 is 25.9. The van der Waals surface area contributed by atoms with Crippen LogP contribution in [0.15, 0.2) is 29.2 Å². The molecule has 0 radical (unpaired) electrons. The van der Waals surface area contributed by atoms with Gasteiger partial charge in [-0.3, -0.25) is 9.59 Å². The highest BCUT2D eigenvalue weighted by Gasteiger charge is 2.51. The number of sulfonamides is 1. The molecule has 0 unspecified atom stereocenters. The second-order valence-electron chi connectivity index (χ2n) is 9.01. The van der Waals surface area contributed by atoms with E-state index < -0.39 is 28.4 Å². The van der Waals surface area contributed by atoms with E-state index in [4.69, 9.17) is 0 Å². The summed E-state index contributed by atoms with van der Waals surface area (Å²) in [5, 5.41) is 2.95. The third-order valence-electron chi connectivity index (χ3n) is 7.02. The summed E-state index contributed by atoms with van der Waals surface area (Å²) in [4.78, 5) is 24.9. The van der Waals surface area contributed by atoms with Gasteiger partial charge in [0.05, 0.1) is 5.56 Å². The van der Waals surface area contributed by atoms with E-state index in [1.807, 2.05) is 0 Å². The molecule has 1 aromatic carbocycles. The second kappa shape index (κ2) is 5.80. The predicted molar refractivity (Wildman–Crippen MR) is 98.3 cm³/mol. The zero-order valence-electron chi connectivity index (χ0n) is 15.2. The molecule has 27 heavy (non-hydrogen) atoms. The molecule has 0 aromatic heterocycles. The molecule has 0 atom stereocenters. The molecule has 2 amide bonds. The highest BCUT2D eigenvalue weighted by molar-refractivity contribution is 7.90. The molecule has 4 bridgehead atoms. The lowest BCUT2D eigenvalue weighted by atomic mass is 9.49. The maximum absolute atomic E-state index is 12.6. The smallest absolute Gasteiger partial charge is 0.269 e. The lowest BCUT2D eigenvalue weighted by Gasteiger charge is -2.56. The average molecular weight is 388 g/mol. The lowest BCUT2D eigenvalue weighted by Crippen LogP contribution is -2.52. The van der Waals surface area contributed by atoms with E-state index in [0.29, 0.717) is 10.8 Å². The molecule has 1 aromatic rings. The Morgan fingerprint density at radius 2 is 1.67 bits per heavy atom. The summed E-state index contributed by atoms with van der Waals surface area (Å²) in [6.07, 6.45) is 7.53. The van der Waals surface area contributed by atoms with Gasteiger partial charge in [0.1, 0.15) is 11.4 Å². The van der Waals surface area contributed by atoms with Crippen LogP contribution in [0.3, 0.4) is 0 Å². The maximum atomic E-state index is 12.6. The summed E-state index contributed by atoms with van der Waals surface area (Å²) in [5.41, 5.74) is 0.327. The zero-order chi connectivity index (χ0) is 18.8. The molecule has 4 saturated carbocycles. The summed E-state index contributed by atoms with van der Waals surface area (Å²) in [7, 11) is -3.93. The fourth-order valence-corrected chi connectivity index (χ4v) is 7.89. The Hall–Kier alpha value is -1.89. The molecule has 5 aliphatic rings. The monoisotopic (exact) mass is 388 g/mol. The van der Waals surface area contributed by atoms with Crippen LogP contribution < -0.4 is 5.32 Å². The van der Waals surface area contributed by atoms with Crippen LogP contribution in [-0.2, 0) is 14.8 Å². The number of amides is 2. The van der Waals surface area contributed by atoms with Gasteiger partial charge in [-0.05, 0) is 73.8 Å². The molecule has 1 N–H and O–H groups in total. The number of nitrogens with zero attached hydrogens (tertiary/aromatic N) is 1. The third-order valence-corrected chi connectivity index (χ3v) is 8.81. The topological polar surface area (TPSA) is 83.6 Å². The Labute approximate surface area is 159 Å². The molecule has 0 saturated heterocycles. The van der Waals surface area contributed by atoms with Crippen molar-refractivity contribution in [2.45, 2.75) is 43.4 Å². The SMILES string of the molecule is O=C(CN1C(=O)c2ccccc2S1(=O)=O)NCC12CC3CC(CC(C3)C1)C2. The zero-order valence-corrected chi connectivity index (χ0v) is 16.0. The standard InChI is InChI=1S/C20H24N2O4S/c23-18(11-22-19(24)16-3-1-2-4-17(16)27(22,25)26)21-12-20-8-13-5-14(9-20)7-15(6-13)10-20/h1-4,13-15H,5-12H2,(H,21,23). The summed E-state index contributed by atoms with van der Waals surface area (Å²) in [6.45, 7) is 0.159. The van der Waals surface area contributed by atoms with E-state index in [1.165, 1.54) is 50.7 Å². The number of rotatable bonds is 4. The van der Waals surface area contributed by atoms with Gasteiger partial charge >= 0.3 is 0 Å². The predicted octanol–water partition coefficient (Wildman–Crippen LogP) is 2.16. The number of carbonyl (C=O) groups is 2. The van der Waals surface area contributed by atoms with E-state index in [0.717, 1.165) is 17.8 Å². The van der Waals surface area contributed by atoms with Crippen LogP contribution in [-0.4, -0.2) is 37.6 Å². The summed E-state index contributed by atoms with van der Waals surface area (Å²) in [6, 6.07) is 6.11. The summed E-state index contributed by atoms with van der Waals surface area (Å²) >= 11 is 0. The molecular weight excluding hydrogens is 364 g/mol. The van der Waals surface area contributed by atoms with Gasteiger partial charge in [-0.1, -0.05) is 12.1 Å². The number of fused-ring (bicyclic) bond motifs is 1. The van der Waals surface area contributed by atoms with E-state index in [-0.39, 0.29) is 15.9 Å². The van der Waals surface area contributed by atoms with Gasteiger partial charge < -0.3 is 5.32 Å². The van der Waals surface area contributed by atoms with E-state index >= 15 is 0 Å². The van der Waals surface area contributed by atoms with Crippen LogP contribution in [0.1, 0.15) is 48.9 Å². The van der Waals surface area contributed by atoms with Gasteiger partial charge in [-0.2, -0.15) is 0 Å². The number of hydrogen-bond donors (Lipinski definition) is 1. The van der Waals surface area contributed by atoms with Gasteiger partial charge in [0.25, 0.3) is 15.9 Å². The van der Waals surface area contributed by atoms with Crippen molar-refractivity contribution in [2.24, 2.45) is 23.2 Å². The van der Waals surface area contributed by atoms with Crippen molar-refractivity contribution >= 4 is 21.8 Å². The van der Waals surface area contributed by atoms with Gasteiger partial charge in [0.2, 0.25) is 5.91 Å². The second-order valence-corrected chi connectivity index (χ2v) is 10.8. The molecule has 6 rings (SSSR count). The first-order valence-corrected chi connectivity index (χ1v) is 11.2. The molecule has 7 heteroatoms. The minimum Gasteiger partial charge on any atom is -0.354 e. The molecule has 4 aliphatic carbocycles. The molecular formula is C20H24N2O4S. The largest absolute Gasteiger partial charge is 0.354 e. The van der Waals surface area contributed by atoms with E-state index in [1.54, 1.807) is 12.1 Å². The molecule has 144 valence electrons. The van der Waals surface area contributed by atoms with Crippen molar-refractivity contribution in [3.8, 4) is 0 Å². The van der Waals surface area contributed by atoms with Crippen molar-refractivity contribution in [1.29, 1.82) is 0 Å². The first-order valence-electron chi connectivity index (χ1n) is 9.79. The molecule has 1 heterocycles. The van der Waals surface area contributed by atoms with Gasteiger partial charge in [0.15, 0.2) is 0 Å². The number of hydrogen-bond acceptors (Lipinski definition) is 4. The number of benzene rings is 1. The van der Waals surface area contributed by atoms with Crippen molar-refractivity contribution in [3.63, 3.8) is 0 Å². The highest BCUT2D eigenvalue weighted by Crippen LogP contribution is 2.59. The van der Waals surface area contributed by atoms with Crippen molar-refractivity contribution in [2.75, 3.05) is 13.1 Å². The maximum Gasteiger partial charge on any atom is 0.269 e. The number of nitrogens with one attached hydrogen (secondary N) is 1. The molecule has 0 spiro atoms. The molecule has 4 fully saturated rings. The Kier molecular flexibility index (Phi) is 3.70. The fourth-order valence-electron chi connectivity index (χ4n) is 6.37. The van der Waals surface area contributed by atoms with Crippen molar-refractivity contribution in [1.82, 2.24) is 9.62 Å². The average Bonchev–Trinajstić information content (AvgIpc) is 2.80. The van der Waals surface area contributed by atoms with Crippen molar-refractivity contribution in [3.05, 3.63) is 29.8 Å². The van der Waals surface area contributed by atoms with Crippen LogP contribution in [0, 0.1) is 23.2 Å². The Bertz CT molecular complexity index is 888. The van der Waals surface area contributed by atoms with Crippen LogP contribution in [0.25, 0.3) is 0 Å². The Balaban J connectivity index is 1.26.